The molecule has 0 spiro atoms. The molecule has 0 aliphatic carbocycles. The van der Waals surface area contributed by atoms with Crippen molar-refractivity contribution >= 4 is 29.4 Å². The molecular formula is C17H25ClN4O2. The predicted octanol–water partition coefficient (Wildman–Crippen LogP) is 2.90. The first-order valence-electron chi connectivity index (χ1n) is 8.24. The molecule has 0 atom stereocenters. The Kier molecular flexibility index (Phi) is 5.83. The zero-order valence-corrected chi connectivity index (χ0v) is 15.4. The Bertz CT molecular complexity index is 721. The fraction of sp³-hybridized carbons (Fsp3) is 0.588. The van der Waals surface area contributed by atoms with Crippen LogP contribution in [0.3, 0.4) is 0 Å². The van der Waals surface area contributed by atoms with Gasteiger partial charge in [0.15, 0.2) is 0 Å². The highest BCUT2D eigenvalue weighted by molar-refractivity contribution is 6.06. The second kappa shape index (κ2) is 7.49. The number of fused-ring (bicyclic) bond motifs is 1. The van der Waals surface area contributed by atoms with Crippen LogP contribution in [0, 0.1) is 6.92 Å². The topological polar surface area (TPSA) is 71.3 Å². The Morgan fingerprint density at radius 2 is 2.04 bits per heavy atom. The van der Waals surface area contributed by atoms with Crippen LogP contribution in [-0.2, 0) is 0 Å². The average molecular weight is 353 g/mol. The van der Waals surface area contributed by atoms with E-state index >= 15 is 0 Å². The van der Waals surface area contributed by atoms with Gasteiger partial charge >= 0.3 is 0 Å². The van der Waals surface area contributed by atoms with Gasteiger partial charge in [-0.3, -0.25) is 4.79 Å². The monoisotopic (exact) mass is 352 g/mol. The predicted molar refractivity (Wildman–Crippen MR) is 95.9 cm³/mol. The van der Waals surface area contributed by atoms with Crippen LogP contribution in [0.4, 0.5) is 0 Å². The van der Waals surface area contributed by atoms with Crippen molar-refractivity contribution in [1.82, 2.24) is 20.4 Å². The van der Waals surface area contributed by atoms with Gasteiger partial charge < -0.3 is 14.7 Å². The average Bonchev–Trinajstić information content (AvgIpc) is 2.97. The van der Waals surface area contributed by atoms with Crippen LogP contribution < -0.4 is 5.32 Å². The second-order valence-electron chi connectivity index (χ2n) is 6.57. The van der Waals surface area contributed by atoms with Gasteiger partial charge in [0, 0.05) is 24.8 Å². The fourth-order valence-electron chi connectivity index (χ4n) is 3.20. The molecule has 1 aliphatic heterocycles. The molecule has 0 unspecified atom stereocenters. The van der Waals surface area contributed by atoms with Gasteiger partial charge in [-0.1, -0.05) is 19.0 Å². The molecule has 1 saturated heterocycles. The number of rotatable bonds is 3. The number of nitrogens with zero attached hydrogens (tertiary/aromatic N) is 3. The zero-order valence-electron chi connectivity index (χ0n) is 14.6. The van der Waals surface area contributed by atoms with Gasteiger partial charge in [-0.15, -0.1) is 12.4 Å². The molecule has 1 fully saturated rings. The lowest BCUT2D eigenvalue weighted by molar-refractivity contribution is 0.0709. The normalized spacial score (nSPS) is 15.8. The Morgan fingerprint density at radius 3 is 2.62 bits per heavy atom. The summed E-state index contributed by atoms with van der Waals surface area (Å²) in [6.07, 6.45) is 1.96. The number of hydrogen-bond acceptors (Lipinski definition) is 5. The van der Waals surface area contributed by atoms with Crippen molar-refractivity contribution in [3.05, 3.63) is 23.0 Å². The van der Waals surface area contributed by atoms with E-state index in [1.54, 1.807) is 0 Å². The summed E-state index contributed by atoms with van der Waals surface area (Å²) in [4.78, 5) is 19.4. The summed E-state index contributed by atoms with van der Waals surface area (Å²) in [7, 11) is 1.98. The number of pyridine rings is 1. The minimum absolute atomic E-state index is 0. The van der Waals surface area contributed by atoms with Crippen LogP contribution in [0.25, 0.3) is 11.1 Å². The zero-order chi connectivity index (χ0) is 16.6. The molecule has 7 heteroatoms. The molecular weight excluding hydrogens is 328 g/mol. The molecule has 1 aliphatic rings. The smallest absolute Gasteiger partial charge is 0.259 e. The van der Waals surface area contributed by atoms with Crippen molar-refractivity contribution < 1.29 is 9.32 Å². The van der Waals surface area contributed by atoms with Gasteiger partial charge in [0.1, 0.15) is 0 Å². The number of likely N-dealkylation sites (tertiary alicyclic amines) is 1. The summed E-state index contributed by atoms with van der Waals surface area (Å²) in [6, 6.07) is 2.36. The Balaban J connectivity index is 0.00000208. The second-order valence-corrected chi connectivity index (χ2v) is 6.57. The van der Waals surface area contributed by atoms with Crippen LogP contribution in [-0.4, -0.2) is 47.1 Å². The molecule has 3 rings (SSSR count). The molecule has 0 radical (unpaired) electrons. The largest absolute Gasteiger partial charge is 0.339 e. The van der Waals surface area contributed by atoms with E-state index in [2.05, 4.69) is 15.5 Å². The number of piperidine rings is 1. The highest BCUT2D eigenvalue weighted by Crippen LogP contribution is 2.29. The third-order valence-electron chi connectivity index (χ3n) is 4.57. The molecule has 6 nitrogen and oxygen atoms in total. The first-order chi connectivity index (χ1) is 11.0. The minimum atomic E-state index is 0. The van der Waals surface area contributed by atoms with Gasteiger partial charge in [0.05, 0.1) is 16.6 Å². The van der Waals surface area contributed by atoms with E-state index in [4.69, 9.17) is 4.52 Å². The van der Waals surface area contributed by atoms with E-state index < -0.39 is 0 Å². The summed E-state index contributed by atoms with van der Waals surface area (Å²) < 4.78 is 5.36. The number of carbonyl (C=O) groups excluding carboxylic acids is 1. The van der Waals surface area contributed by atoms with E-state index in [1.165, 1.54) is 0 Å². The van der Waals surface area contributed by atoms with E-state index in [0.717, 1.165) is 42.7 Å². The molecule has 2 aromatic heterocycles. The lowest BCUT2D eigenvalue weighted by Crippen LogP contribution is -2.44. The van der Waals surface area contributed by atoms with Crippen molar-refractivity contribution in [3.8, 4) is 0 Å². The number of carbonyl (C=O) groups is 1. The third kappa shape index (κ3) is 3.39. The summed E-state index contributed by atoms with van der Waals surface area (Å²) in [5, 5.41) is 8.19. The summed E-state index contributed by atoms with van der Waals surface area (Å²) >= 11 is 0. The maximum Gasteiger partial charge on any atom is 0.259 e. The number of hydrogen-bond donors (Lipinski definition) is 1. The van der Waals surface area contributed by atoms with Crippen molar-refractivity contribution in [2.45, 2.75) is 45.6 Å². The molecule has 24 heavy (non-hydrogen) atoms. The van der Waals surface area contributed by atoms with E-state index in [0.29, 0.717) is 17.3 Å². The minimum Gasteiger partial charge on any atom is -0.339 e. The molecule has 1 N–H and O–H groups in total. The number of aryl methyl sites for hydroxylation is 1. The van der Waals surface area contributed by atoms with Crippen molar-refractivity contribution in [3.63, 3.8) is 0 Å². The molecule has 0 aromatic carbocycles. The van der Waals surface area contributed by atoms with Crippen LogP contribution in [0.2, 0.25) is 0 Å². The lowest BCUT2D eigenvalue weighted by atomic mass is 10.00. The molecule has 0 bridgehead atoms. The van der Waals surface area contributed by atoms with E-state index in [9.17, 15) is 4.79 Å². The van der Waals surface area contributed by atoms with Gasteiger partial charge in [0.25, 0.3) is 11.6 Å². The van der Waals surface area contributed by atoms with Gasteiger partial charge in [0.2, 0.25) is 0 Å². The lowest BCUT2D eigenvalue weighted by Gasteiger charge is -2.32. The summed E-state index contributed by atoms with van der Waals surface area (Å²) in [5.41, 5.74) is 2.71. The maximum atomic E-state index is 13.0. The SMILES string of the molecule is CNC1CCN(C(=O)c2cc(C)nc3onc(C(C)C)c23)CC1.Cl. The Labute approximate surface area is 148 Å². The number of nitrogens with one attached hydrogen (secondary N) is 1. The maximum absolute atomic E-state index is 13.0. The molecule has 132 valence electrons. The summed E-state index contributed by atoms with van der Waals surface area (Å²) in [6.45, 7) is 7.51. The first kappa shape index (κ1) is 18.7. The van der Waals surface area contributed by atoms with Gasteiger partial charge in [-0.25, -0.2) is 4.98 Å². The van der Waals surface area contributed by atoms with Crippen molar-refractivity contribution in [2.75, 3.05) is 20.1 Å². The van der Waals surface area contributed by atoms with Crippen LogP contribution in [0.1, 0.15) is 54.4 Å². The van der Waals surface area contributed by atoms with E-state index in [-0.39, 0.29) is 24.2 Å². The number of halogens is 1. The quantitative estimate of drug-likeness (QED) is 0.919. The van der Waals surface area contributed by atoms with Gasteiger partial charge in [-0.05, 0) is 38.8 Å². The van der Waals surface area contributed by atoms with Crippen LogP contribution in [0.5, 0.6) is 0 Å². The Morgan fingerprint density at radius 1 is 1.38 bits per heavy atom. The van der Waals surface area contributed by atoms with Crippen LogP contribution >= 0.6 is 12.4 Å². The third-order valence-corrected chi connectivity index (χ3v) is 4.57. The summed E-state index contributed by atoms with van der Waals surface area (Å²) in [5.74, 6) is 0.238. The van der Waals surface area contributed by atoms with Crippen molar-refractivity contribution in [1.29, 1.82) is 0 Å². The van der Waals surface area contributed by atoms with Crippen LogP contribution in [0.15, 0.2) is 10.6 Å². The highest BCUT2D eigenvalue weighted by Gasteiger charge is 2.27. The van der Waals surface area contributed by atoms with Gasteiger partial charge in [-0.2, -0.15) is 0 Å². The van der Waals surface area contributed by atoms with E-state index in [1.807, 2.05) is 38.8 Å². The first-order valence-corrected chi connectivity index (χ1v) is 8.24. The number of aromatic nitrogens is 2. The molecule has 3 heterocycles. The molecule has 0 saturated carbocycles. The van der Waals surface area contributed by atoms with Crippen molar-refractivity contribution in [2.24, 2.45) is 0 Å². The number of amides is 1. The standard InChI is InChI=1S/C17H24N4O2.ClH/c1-10(2)15-14-13(9-11(3)19-16(14)23-20-15)17(22)21-7-5-12(18-4)6-8-21;/h9-10,12,18H,5-8H2,1-4H3;1H. The fourth-order valence-corrected chi connectivity index (χ4v) is 3.20. The highest BCUT2D eigenvalue weighted by atomic mass is 35.5. The molecule has 2 aromatic rings. The Hall–Kier alpha value is -1.66. The molecule has 1 amide bonds.